The third-order valence-electron chi connectivity index (χ3n) is 8.17. The van der Waals surface area contributed by atoms with Crippen LogP contribution in [-0.2, 0) is 32.2 Å². The average molecular weight is 492 g/mol. The van der Waals surface area contributed by atoms with Gasteiger partial charge in [-0.25, -0.2) is 0 Å². The maximum absolute atomic E-state index is 13.8. The summed E-state index contributed by atoms with van der Waals surface area (Å²) in [5.74, 6) is -2.30. The van der Waals surface area contributed by atoms with Crippen LogP contribution in [0.1, 0.15) is 37.3 Å². The summed E-state index contributed by atoms with van der Waals surface area (Å²) in [7, 11) is 0. The maximum Gasteiger partial charge on any atom is 0.246 e. The Morgan fingerprint density at radius 3 is 2.11 bits per heavy atom. The van der Waals surface area contributed by atoms with Crippen molar-refractivity contribution in [3.05, 3.63) is 71.8 Å². The van der Waals surface area contributed by atoms with Gasteiger partial charge in [-0.3, -0.25) is 14.4 Å². The van der Waals surface area contributed by atoms with E-state index >= 15 is 0 Å². The molecule has 2 bridgehead atoms. The van der Waals surface area contributed by atoms with Crippen molar-refractivity contribution in [2.75, 3.05) is 13.2 Å². The third kappa shape index (κ3) is 3.89. The predicted octanol–water partition coefficient (Wildman–Crippen LogP) is 1.77. The molecule has 3 fully saturated rings. The number of amides is 3. The molecule has 5 rings (SSSR count). The van der Waals surface area contributed by atoms with Gasteiger partial charge < -0.3 is 25.4 Å². The molecule has 5 atom stereocenters. The summed E-state index contributed by atoms with van der Waals surface area (Å²) in [6.45, 7) is 2.38. The molecule has 2 unspecified atom stereocenters. The quantitative estimate of drug-likeness (QED) is 0.496. The summed E-state index contributed by atoms with van der Waals surface area (Å²) in [6, 6.07) is 18.3. The molecule has 3 N–H and O–H groups in total. The number of likely N-dealkylation sites (tertiary alicyclic amines) is 1. The van der Waals surface area contributed by atoms with Gasteiger partial charge in [-0.15, -0.1) is 0 Å². The number of hydrogen-bond acceptors (Lipinski definition) is 5. The number of benzene rings is 2. The molecule has 0 aliphatic carbocycles. The van der Waals surface area contributed by atoms with Gasteiger partial charge in [0.2, 0.25) is 17.7 Å². The normalized spacial score (nSPS) is 30.3. The molecular formula is C28H33N3O5. The van der Waals surface area contributed by atoms with E-state index in [9.17, 15) is 19.5 Å². The van der Waals surface area contributed by atoms with Crippen LogP contribution in [-0.4, -0.2) is 58.1 Å². The first-order chi connectivity index (χ1) is 17.5. The fourth-order valence-corrected chi connectivity index (χ4v) is 6.54. The zero-order chi connectivity index (χ0) is 25.3. The van der Waals surface area contributed by atoms with Gasteiger partial charge in [-0.05, 0) is 30.4 Å². The standard InChI is InChI=1S/C28H33N3O5/c1-2-27-13-14-28(36-27)22(21(27)24(33)29-17-19-9-5-3-6-10-19)26(35)31(15-16-32)23(28)25(34)30-18-20-11-7-4-8-12-20/h3-12,21-23,32H,2,13-18H2,1H3,(H,29,33)(H,30,34)/t21-,22-,23?,27+,28?/m0/s1. The van der Waals surface area contributed by atoms with Gasteiger partial charge in [0.25, 0.3) is 0 Å². The van der Waals surface area contributed by atoms with E-state index in [2.05, 4.69) is 10.6 Å². The highest BCUT2D eigenvalue weighted by molar-refractivity contribution is 5.99. The van der Waals surface area contributed by atoms with E-state index in [0.29, 0.717) is 32.4 Å². The van der Waals surface area contributed by atoms with Crippen molar-refractivity contribution in [3.8, 4) is 0 Å². The number of carbonyl (C=O) groups excluding carboxylic acids is 3. The highest BCUT2D eigenvalue weighted by Gasteiger charge is 2.78. The summed E-state index contributed by atoms with van der Waals surface area (Å²) in [5.41, 5.74) is 0.0353. The van der Waals surface area contributed by atoms with Crippen LogP contribution in [0.5, 0.6) is 0 Å². The molecule has 190 valence electrons. The predicted molar refractivity (Wildman–Crippen MR) is 132 cm³/mol. The van der Waals surface area contributed by atoms with Crippen molar-refractivity contribution in [1.82, 2.24) is 15.5 Å². The molecule has 36 heavy (non-hydrogen) atoms. The van der Waals surface area contributed by atoms with Crippen molar-refractivity contribution in [3.63, 3.8) is 0 Å². The molecule has 0 aromatic heterocycles. The first kappa shape index (κ1) is 24.5. The zero-order valence-corrected chi connectivity index (χ0v) is 20.5. The van der Waals surface area contributed by atoms with Crippen LogP contribution in [0, 0.1) is 11.8 Å². The number of rotatable bonds is 9. The SMILES string of the molecule is CC[C@]12CCC3(O1)C(C(=O)NCc1ccccc1)N(CCO)C(=O)[C@@H]3[C@H]2C(=O)NCc1ccccc1. The van der Waals surface area contributed by atoms with Crippen molar-refractivity contribution in [2.24, 2.45) is 11.8 Å². The van der Waals surface area contributed by atoms with E-state index in [4.69, 9.17) is 4.74 Å². The van der Waals surface area contributed by atoms with Gasteiger partial charge in [0.05, 0.1) is 24.0 Å². The summed E-state index contributed by atoms with van der Waals surface area (Å²) in [6.07, 6.45) is 1.69. The van der Waals surface area contributed by atoms with Crippen molar-refractivity contribution in [1.29, 1.82) is 0 Å². The van der Waals surface area contributed by atoms with Gasteiger partial charge in [-0.2, -0.15) is 0 Å². The summed E-state index contributed by atoms with van der Waals surface area (Å²) in [4.78, 5) is 42.4. The van der Waals surface area contributed by atoms with Crippen molar-refractivity contribution in [2.45, 2.75) is 56.5 Å². The lowest BCUT2D eigenvalue weighted by Crippen LogP contribution is -2.55. The molecule has 2 aromatic carbocycles. The van der Waals surface area contributed by atoms with Crippen LogP contribution < -0.4 is 10.6 Å². The molecular weight excluding hydrogens is 458 g/mol. The number of β-amino-alcohol motifs (C(OH)–C–C–N with tert-alkyl or cyclic N) is 1. The second-order valence-corrected chi connectivity index (χ2v) is 10.00. The number of aliphatic hydroxyl groups excluding tert-OH is 1. The van der Waals surface area contributed by atoms with E-state index in [-0.39, 0.29) is 30.9 Å². The number of nitrogens with zero attached hydrogens (tertiary/aromatic N) is 1. The molecule has 0 saturated carbocycles. The van der Waals surface area contributed by atoms with Gasteiger partial charge in [0, 0.05) is 19.6 Å². The Balaban J connectivity index is 1.42. The summed E-state index contributed by atoms with van der Waals surface area (Å²) >= 11 is 0. The lowest BCUT2D eigenvalue weighted by molar-refractivity contribution is -0.148. The topological polar surface area (TPSA) is 108 Å². The molecule has 3 aliphatic rings. The molecule has 3 heterocycles. The number of aliphatic hydroxyl groups is 1. The third-order valence-corrected chi connectivity index (χ3v) is 8.17. The van der Waals surface area contributed by atoms with E-state index in [0.717, 1.165) is 11.1 Å². The Morgan fingerprint density at radius 2 is 1.56 bits per heavy atom. The minimum Gasteiger partial charge on any atom is -0.395 e. The summed E-state index contributed by atoms with van der Waals surface area (Å²) in [5, 5.41) is 15.7. The lowest BCUT2D eigenvalue weighted by atomic mass is 9.65. The number of carbonyl (C=O) groups is 3. The average Bonchev–Trinajstić information content (AvgIpc) is 3.51. The Morgan fingerprint density at radius 1 is 0.972 bits per heavy atom. The van der Waals surface area contributed by atoms with Gasteiger partial charge >= 0.3 is 0 Å². The molecule has 1 spiro atoms. The lowest BCUT2D eigenvalue weighted by Gasteiger charge is -2.34. The van der Waals surface area contributed by atoms with E-state index in [1.54, 1.807) is 0 Å². The molecule has 8 heteroatoms. The Bertz CT molecular complexity index is 1130. The van der Waals surface area contributed by atoms with Crippen LogP contribution >= 0.6 is 0 Å². The van der Waals surface area contributed by atoms with Gasteiger partial charge in [0.1, 0.15) is 11.6 Å². The Labute approximate surface area is 211 Å². The molecule has 3 amide bonds. The number of hydrogen-bond donors (Lipinski definition) is 3. The number of nitrogens with one attached hydrogen (secondary N) is 2. The molecule has 8 nitrogen and oxygen atoms in total. The Hall–Kier alpha value is -3.23. The minimum atomic E-state index is -1.09. The van der Waals surface area contributed by atoms with E-state index < -0.39 is 29.1 Å². The Kier molecular flexibility index (Phi) is 6.57. The highest BCUT2D eigenvalue weighted by atomic mass is 16.5. The highest BCUT2D eigenvalue weighted by Crippen LogP contribution is 2.64. The zero-order valence-electron chi connectivity index (χ0n) is 20.5. The van der Waals surface area contributed by atoms with E-state index in [1.807, 2.05) is 67.6 Å². The molecule has 0 radical (unpaired) electrons. The fourth-order valence-electron chi connectivity index (χ4n) is 6.54. The van der Waals surface area contributed by atoms with E-state index in [1.165, 1.54) is 4.90 Å². The second-order valence-electron chi connectivity index (χ2n) is 10.00. The van der Waals surface area contributed by atoms with Crippen LogP contribution in [0.3, 0.4) is 0 Å². The van der Waals surface area contributed by atoms with Crippen LogP contribution in [0.25, 0.3) is 0 Å². The smallest absolute Gasteiger partial charge is 0.246 e. The number of ether oxygens (including phenoxy) is 1. The van der Waals surface area contributed by atoms with Crippen LogP contribution in [0.15, 0.2) is 60.7 Å². The van der Waals surface area contributed by atoms with Crippen molar-refractivity contribution < 1.29 is 24.2 Å². The first-order valence-corrected chi connectivity index (χ1v) is 12.7. The molecule has 2 aromatic rings. The van der Waals surface area contributed by atoms with Gasteiger partial charge in [-0.1, -0.05) is 67.6 Å². The minimum absolute atomic E-state index is 0.0152. The molecule has 3 saturated heterocycles. The second kappa shape index (κ2) is 9.67. The largest absolute Gasteiger partial charge is 0.395 e. The number of fused-ring (bicyclic) bond motifs is 1. The fraction of sp³-hybridized carbons (Fsp3) is 0.464. The monoisotopic (exact) mass is 491 g/mol. The molecule has 3 aliphatic heterocycles. The van der Waals surface area contributed by atoms with Gasteiger partial charge in [0.15, 0.2) is 0 Å². The van der Waals surface area contributed by atoms with Crippen molar-refractivity contribution >= 4 is 17.7 Å². The first-order valence-electron chi connectivity index (χ1n) is 12.7. The van der Waals surface area contributed by atoms with Crippen LogP contribution in [0.2, 0.25) is 0 Å². The maximum atomic E-state index is 13.8. The van der Waals surface area contributed by atoms with Crippen LogP contribution in [0.4, 0.5) is 0 Å². The summed E-state index contributed by atoms with van der Waals surface area (Å²) < 4.78 is 6.67.